The van der Waals surface area contributed by atoms with Crippen LogP contribution in [0, 0.1) is 17.3 Å². The Balaban J connectivity index is 2.11. The molecule has 70 valence electrons. The topological polar surface area (TPSA) is 0 Å². The van der Waals surface area contributed by atoms with Crippen LogP contribution in [0.3, 0.4) is 0 Å². The summed E-state index contributed by atoms with van der Waals surface area (Å²) < 4.78 is 0. The summed E-state index contributed by atoms with van der Waals surface area (Å²) in [5.41, 5.74) is 0.744. The molecule has 0 aliphatic heterocycles. The van der Waals surface area contributed by atoms with Gasteiger partial charge in [0.1, 0.15) is 0 Å². The van der Waals surface area contributed by atoms with Crippen LogP contribution < -0.4 is 0 Å². The van der Waals surface area contributed by atoms with Gasteiger partial charge in [-0.15, -0.1) is 0 Å². The van der Waals surface area contributed by atoms with Gasteiger partial charge in [-0.05, 0) is 36.5 Å². The van der Waals surface area contributed by atoms with E-state index in [1.165, 1.54) is 44.9 Å². The van der Waals surface area contributed by atoms with E-state index in [1.54, 1.807) is 0 Å². The molecule has 12 heavy (non-hydrogen) atoms. The van der Waals surface area contributed by atoms with Crippen LogP contribution >= 0.6 is 0 Å². The fourth-order valence-corrected chi connectivity index (χ4v) is 3.43. The zero-order chi connectivity index (χ0) is 8.60. The molecular formula is C12H22. The number of hydrogen-bond acceptors (Lipinski definition) is 0. The van der Waals surface area contributed by atoms with E-state index in [4.69, 9.17) is 0 Å². The molecule has 0 radical (unpaired) electrons. The summed E-state index contributed by atoms with van der Waals surface area (Å²) in [4.78, 5) is 0. The van der Waals surface area contributed by atoms with Gasteiger partial charge in [0.05, 0.1) is 0 Å². The molecule has 3 atom stereocenters. The quantitative estimate of drug-likeness (QED) is 0.510. The Kier molecular flexibility index (Phi) is 2.18. The molecule has 2 rings (SSSR count). The van der Waals surface area contributed by atoms with Crippen molar-refractivity contribution in [1.29, 1.82) is 0 Å². The minimum Gasteiger partial charge on any atom is -0.0622 e. The fourth-order valence-electron chi connectivity index (χ4n) is 3.43. The molecular weight excluding hydrogens is 144 g/mol. The third-order valence-corrected chi connectivity index (χ3v) is 4.35. The molecule has 2 bridgehead atoms. The standard InChI is InChI=1S/C12H22/c1-10-5-3-7-12(2)8-4-6-11(10)9-12/h10-11H,3-9H2,1-2H3. The molecule has 3 unspecified atom stereocenters. The highest BCUT2D eigenvalue weighted by molar-refractivity contribution is 4.87. The van der Waals surface area contributed by atoms with Gasteiger partial charge in [0.2, 0.25) is 0 Å². The van der Waals surface area contributed by atoms with E-state index in [-0.39, 0.29) is 0 Å². The van der Waals surface area contributed by atoms with Crippen molar-refractivity contribution in [2.75, 3.05) is 0 Å². The Hall–Kier alpha value is 0. The van der Waals surface area contributed by atoms with Crippen LogP contribution in [0.4, 0.5) is 0 Å². The first-order valence-electron chi connectivity index (χ1n) is 5.70. The van der Waals surface area contributed by atoms with E-state index in [0.717, 1.165) is 17.3 Å². The molecule has 0 spiro atoms. The van der Waals surface area contributed by atoms with Gasteiger partial charge in [-0.25, -0.2) is 0 Å². The van der Waals surface area contributed by atoms with Crippen LogP contribution in [-0.2, 0) is 0 Å². The minimum absolute atomic E-state index is 0.744. The van der Waals surface area contributed by atoms with Crippen LogP contribution in [0.15, 0.2) is 0 Å². The Bertz CT molecular complexity index is 161. The summed E-state index contributed by atoms with van der Waals surface area (Å²) in [6, 6.07) is 0. The van der Waals surface area contributed by atoms with Gasteiger partial charge in [0.25, 0.3) is 0 Å². The molecule has 0 aromatic rings. The lowest BCUT2D eigenvalue weighted by atomic mass is 9.68. The molecule has 0 N–H and O–H groups in total. The van der Waals surface area contributed by atoms with Crippen LogP contribution in [0.2, 0.25) is 0 Å². The highest BCUT2D eigenvalue weighted by Crippen LogP contribution is 2.48. The van der Waals surface area contributed by atoms with Crippen LogP contribution in [-0.4, -0.2) is 0 Å². The van der Waals surface area contributed by atoms with Crippen LogP contribution in [0.25, 0.3) is 0 Å². The number of hydrogen-bond donors (Lipinski definition) is 0. The van der Waals surface area contributed by atoms with E-state index in [2.05, 4.69) is 13.8 Å². The van der Waals surface area contributed by atoms with Gasteiger partial charge in [-0.2, -0.15) is 0 Å². The van der Waals surface area contributed by atoms with Crippen molar-refractivity contribution < 1.29 is 0 Å². The Morgan fingerprint density at radius 2 is 1.75 bits per heavy atom. The van der Waals surface area contributed by atoms with Gasteiger partial charge in [-0.3, -0.25) is 0 Å². The lowest BCUT2D eigenvalue weighted by molar-refractivity contribution is 0.141. The van der Waals surface area contributed by atoms with Crippen LogP contribution in [0.5, 0.6) is 0 Å². The van der Waals surface area contributed by atoms with Crippen molar-refractivity contribution in [2.45, 2.75) is 58.8 Å². The normalized spacial score (nSPS) is 48.5. The summed E-state index contributed by atoms with van der Waals surface area (Å²) >= 11 is 0. The maximum Gasteiger partial charge on any atom is -0.0323 e. The van der Waals surface area contributed by atoms with E-state index in [9.17, 15) is 0 Å². The molecule has 0 heterocycles. The van der Waals surface area contributed by atoms with Crippen LogP contribution in [0.1, 0.15) is 58.8 Å². The summed E-state index contributed by atoms with van der Waals surface area (Å²) in [7, 11) is 0. The predicted molar refractivity (Wildman–Crippen MR) is 53.1 cm³/mol. The summed E-state index contributed by atoms with van der Waals surface area (Å²) in [6.07, 6.45) is 10.6. The van der Waals surface area contributed by atoms with Gasteiger partial charge >= 0.3 is 0 Å². The third-order valence-electron chi connectivity index (χ3n) is 4.35. The third kappa shape index (κ3) is 1.53. The average Bonchev–Trinajstić information content (AvgIpc) is 2.11. The van der Waals surface area contributed by atoms with Crippen molar-refractivity contribution in [3.8, 4) is 0 Å². The molecule has 0 nitrogen and oxygen atoms in total. The lowest BCUT2D eigenvalue weighted by Gasteiger charge is -2.37. The van der Waals surface area contributed by atoms with E-state index < -0.39 is 0 Å². The maximum atomic E-state index is 2.52. The average molecular weight is 166 g/mol. The molecule has 2 saturated carbocycles. The second kappa shape index (κ2) is 3.05. The first-order valence-corrected chi connectivity index (χ1v) is 5.70. The molecule has 0 amide bonds. The second-order valence-corrected chi connectivity index (χ2v) is 5.54. The van der Waals surface area contributed by atoms with Crippen molar-refractivity contribution in [3.05, 3.63) is 0 Å². The fraction of sp³-hybridized carbons (Fsp3) is 1.00. The van der Waals surface area contributed by atoms with Crippen molar-refractivity contribution in [2.24, 2.45) is 17.3 Å². The lowest BCUT2D eigenvalue weighted by Crippen LogP contribution is -2.25. The van der Waals surface area contributed by atoms with Crippen molar-refractivity contribution >= 4 is 0 Å². The summed E-state index contributed by atoms with van der Waals surface area (Å²) in [6.45, 7) is 5.00. The smallest absolute Gasteiger partial charge is 0.0323 e. The highest BCUT2D eigenvalue weighted by atomic mass is 14.4. The molecule has 2 fully saturated rings. The molecule has 0 saturated heterocycles. The first kappa shape index (κ1) is 8.59. The maximum absolute atomic E-state index is 2.52. The Labute approximate surface area is 76.7 Å². The monoisotopic (exact) mass is 166 g/mol. The van der Waals surface area contributed by atoms with Gasteiger partial charge < -0.3 is 0 Å². The SMILES string of the molecule is CC1CCCC2(C)CCCC1C2. The zero-order valence-corrected chi connectivity index (χ0v) is 8.60. The Morgan fingerprint density at radius 1 is 1.08 bits per heavy atom. The van der Waals surface area contributed by atoms with Crippen molar-refractivity contribution in [1.82, 2.24) is 0 Å². The van der Waals surface area contributed by atoms with Gasteiger partial charge in [0, 0.05) is 0 Å². The van der Waals surface area contributed by atoms with Gasteiger partial charge in [-0.1, -0.05) is 39.5 Å². The van der Waals surface area contributed by atoms with E-state index in [1.807, 2.05) is 0 Å². The number of rotatable bonds is 0. The largest absolute Gasteiger partial charge is 0.0622 e. The molecule has 2 aliphatic rings. The summed E-state index contributed by atoms with van der Waals surface area (Å²) in [5.74, 6) is 2.10. The molecule has 2 aliphatic carbocycles. The molecule has 0 aromatic carbocycles. The molecule has 0 aromatic heterocycles. The van der Waals surface area contributed by atoms with Crippen molar-refractivity contribution in [3.63, 3.8) is 0 Å². The number of fused-ring (bicyclic) bond motifs is 2. The highest BCUT2D eigenvalue weighted by Gasteiger charge is 2.36. The zero-order valence-electron chi connectivity index (χ0n) is 8.60. The van der Waals surface area contributed by atoms with E-state index >= 15 is 0 Å². The molecule has 0 heteroatoms. The predicted octanol–water partition coefficient (Wildman–Crippen LogP) is 4.00. The second-order valence-electron chi connectivity index (χ2n) is 5.54. The Morgan fingerprint density at radius 3 is 2.50 bits per heavy atom. The summed E-state index contributed by atoms with van der Waals surface area (Å²) in [5, 5.41) is 0. The minimum atomic E-state index is 0.744. The van der Waals surface area contributed by atoms with E-state index in [0.29, 0.717) is 0 Å². The van der Waals surface area contributed by atoms with Gasteiger partial charge in [0.15, 0.2) is 0 Å². The first-order chi connectivity index (χ1) is 5.70.